The second-order valence-electron chi connectivity index (χ2n) is 22.6. The number of benzene rings is 3. The lowest BCUT2D eigenvalue weighted by molar-refractivity contribution is -0.146. The van der Waals surface area contributed by atoms with Gasteiger partial charge in [-0.1, -0.05) is 60.7 Å². The quantitative estimate of drug-likeness (QED) is 0.0453. The van der Waals surface area contributed by atoms with E-state index >= 15 is 14.4 Å². The number of aromatic hydroxyl groups is 1. The number of rotatable bonds is 19. The minimum atomic E-state index is -2.45. The van der Waals surface area contributed by atoms with E-state index in [1.165, 1.54) is 43.2 Å². The molecule has 7 unspecified atom stereocenters. The molecule has 11 atom stereocenters. The van der Waals surface area contributed by atoms with E-state index in [9.17, 15) is 44.7 Å². The summed E-state index contributed by atoms with van der Waals surface area (Å²) in [5.41, 5.74) is -1.68. The van der Waals surface area contributed by atoms with Gasteiger partial charge in [0.05, 0.1) is 18.2 Å². The first-order valence-electron chi connectivity index (χ1n) is 27.8. The van der Waals surface area contributed by atoms with Crippen LogP contribution in [0.25, 0.3) is 0 Å². The number of nitrogens with one attached hydrogen (secondary N) is 8. The van der Waals surface area contributed by atoms with Crippen molar-refractivity contribution in [3.8, 4) is 5.75 Å². The maximum atomic E-state index is 15.4. The molecule has 81 heavy (non-hydrogen) atoms. The maximum Gasteiger partial charge on any atom is 0.407 e. The van der Waals surface area contributed by atoms with Crippen LogP contribution >= 0.6 is 0 Å². The number of imide groups is 1. The molecular weight excluding hydrogens is 1040 g/mol. The molecule has 0 bridgehead atoms. The van der Waals surface area contributed by atoms with E-state index in [-0.39, 0.29) is 76.2 Å². The number of phenolic OH excluding ortho intramolecular Hbond substituents is 1. The molecule has 3 heterocycles. The number of carbonyl (C=O) groups is 7. The molecule has 23 heteroatoms. The number of aliphatic hydroxyl groups excluding tert-OH is 3. The van der Waals surface area contributed by atoms with Crippen molar-refractivity contribution in [2.75, 3.05) is 45.1 Å². The Morgan fingerprint density at radius 2 is 1.53 bits per heavy atom. The van der Waals surface area contributed by atoms with E-state index < -0.39 is 114 Å². The number of unbranched alkanes of at least 4 members (excludes halogenated alkanes) is 1. The van der Waals surface area contributed by atoms with Crippen LogP contribution in [-0.4, -0.2) is 176 Å². The summed E-state index contributed by atoms with van der Waals surface area (Å²) in [5, 5.41) is 81.3. The zero-order valence-corrected chi connectivity index (χ0v) is 46.7. The van der Waals surface area contributed by atoms with Crippen LogP contribution in [-0.2, 0) is 39.9 Å². The van der Waals surface area contributed by atoms with Crippen molar-refractivity contribution in [1.82, 2.24) is 47.0 Å². The Hall–Kier alpha value is -6.99. The lowest BCUT2D eigenvalue weighted by Gasteiger charge is -2.38. The first kappa shape index (κ1) is 61.6. The van der Waals surface area contributed by atoms with Crippen molar-refractivity contribution in [1.29, 1.82) is 0 Å². The zero-order valence-electron chi connectivity index (χ0n) is 46.7. The van der Waals surface area contributed by atoms with Gasteiger partial charge in [0, 0.05) is 69.3 Å². The van der Waals surface area contributed by atoms with Crippen molar-refractivity contribution in [2.24, 2.45) is 0 Å². The number of aliphatic hydroxyl groups is 4. The minimum Gasteiger partial charge on any atom is -0.508 e. The van der Waals surface area contributed by atoms with Crippen LogP contribution in [0.1, 0.15) is 108 Å². The molecule has 440 valence electrons. The number of anilines is 1. The monoisotopic (exact) mass is 1120 g/mol. The molecule has 3 aromatic carbocycles. The fourth-order valence-electron chi connectivity index (χ4n) is 10.6. The van der Waals surface area contributed by atoms with Crippen LogP contribution < -0.4 is 42.5 Å². The molecule has 1 saturated heterocycles. The van der Waals surface area contributed by atoms with Gasteiger partial charge in [-0.05, 0) is 120 Å². The van der Waals surface area contributed by atoms with Crippen molar-refractivity contribution in [3.05, 3.63) is 108 Å². The molecule has 2 fully saturated rings. The first-order valence-corrected chi connectivity index (χ1v) is 27.8. The number of alkyl carbamates (subject to hydrolysis) is 1. The number of para-hydroxylation sites is 1. The second kappa shape index (κ2) is 27.2. The fraction of sp³-hybridized carbons (Fsp3) is 0.534. The van der Waals surface area contributed by atoms with E-state index in [1.54, 1.807) is 45.0 Å². The van der Waals surface area contributed by atoms with E-state index in [1.807, 2.05) is 42.5 Å². The Morgan fingerprint density at radius 3 is 2.22 bits per heavy atom. The number of carbonyl (C=O) groups excluding carboxylic acids is 7. The maximum absolute atomic E-state index is 15.4. The number of fused-ring (bicyclic) bond motifs is 1. The zero-order chi connectivity index (χ0) is 58.6. The van der Waals surface area contributed by atoms with E-state index in [4.69, 9.17) is 4.74 Å². The summed E-state index contributed by atoms with van der Waals surface area (Å²) in [7, 11) is 1.42. The highest BCUT2D eigenvalue weighted by Crippen LogP contribution is 2.53. The van der Waals surface area contributed by atoms with Gasteiger partial charge < -0.3 is 61.8 Å². The summed E-state index contributed by atoms with van der Waals surface area (Å²) < 4.78 is 5.37. The molecule has 0 radical (unpaired) electrons. The van der Waals surface area contributed by atoms with Crippen molar-refractivity contribution in [2.45, 2.75) is 157 Å². The summed E-state index contributed by atoms with van der Waals surface area (Å²) in [6.07, 6.45) is -2.02. The number of hydrogen-bond acceptors (Lipinski definition) is 17. The summed E-state index contributed by atoms with van der Waals surface area (Å²) in [6, 6.07) is 17.5. The number of likely N-dealkylation sites (N-methyl/N-ethyl adjacent to an activating group) is 1. The topological polar surface area (TPSA) is 333 Å². The molecular formula is C58H80N10O13. The van der Waals surface area contributed by atoms with E-state index in [2.05, 4.69) is 42.5 Å². The van der Waals surface area contributed by atoms with Crippen LogP contribution in [0.2, 0.25) is 0 Å². The van der Waals surface area contributed by atoms with Crippen molar-refractivity contribution >= 4 is 47.2 Å². The number of nitrogens with zero attached hydrogens (tertiary/aromatic N) is 2. The lowest BCUT2D eigenvalue weighted by Crippen LogP contribution is -2.67. The van der Waals surface area contributed by atoms with Gasteiger partial charge in [-0.25, -0.2) is 4.79 Å². The Balaban J connectivity index is 1.24. The largest absolute Gasteiger partial charge is 0.508 e. The second-order valence-corrected chi connectivity index (χ2v) is 22.6. The van der Waals surface area contributed by atoms with Crippen LogP contribution in [0.15, 0.2) is 91.0 Å². The molecule has 23 nitrogen and oxygen atoms in total. The molecule has 3 aliphatic heterocycles. The van der Waals surface area contributed by atoms with Crippen LogP contribution in [0, 0.1) is 0 Å². The Bertz CT molecular complexity index is 2710. The summed E-state index contributed by atoms with van der Waals surface area (Å²) in [4.78, 5) is 99.4. The Labute approximate surface area is 472 Å². The Morgan fingerprint density at radius 1 is 0.840 bits per heavy atom. The SMILES string of the molecule is CC(O)C1(O)CNC2(CC2c2ccccc2)C(=O)N(C)[C@@H](CCC(O)NCCCN2C(=O)C=CC2=O)C(=O)N[C@@H](Cc2ccc(O)cc2)C(=O)N[C@H](CC2CNc3ccccc32)C(O)N[C@@H](CCCCNC(=O)OC(C)(C)C)C(=O)N1. The summed E-state index contributed by atoms with van der Waals surface area (Å²) >= 11 is 0. The van der Waals surface area contributed by atoms with E-state index in [0.29, 0.717) is 24.9 Å². The molecule has 7 amide bonds. The molecule has 7 rings (SSSR count). The average Bonchev–Trinajstić information content (AvgIpc) is 2.32. The normalized spacial score (nSPS) is 27.3. The smallest absolute Gasteiger partial charge is 0.407 e. The van der Waals surface area contributed by atoms with Crippen molar-refractivity contribution < 1.29 is 63.8 Å². The van der Waals surface area contributed by atoms with Crippen LogP contribution in [0.5, 0.6) is 5.75 Å². The highest BCUT2D eigenvalue weighted by atomic mass is 16.6. The van der Waals surface area contributed by atoms with Crippen molar-refractivity contribution in [3.63, 3.8) is 0 Å². The van der Waals surface area contributed by atoms with Gasteiger partial charge in [0.2, 0.25) is 23.6 Å². The average molecular weight is 1130 g/mol. The third-order valence-electron chi connectivity index (χ3n) is 15.4. The standard InChI is InChI=1S/C58H80N10O13/c1-35(69)58(80)34-62-57(32-41(57)37-14-7-6-8-15-37)54(78)67(5)46(23-24-47(71)59-28-13-29-68-48(72)25-26-49(68)73)53(77)65-44(30-36-19-21-39(70)22-20-36)50(74)64-45(31-38-33-61-42-17-10-9-16-40(38)42)51(75)63-43(52(76)66-58)18-11-12-27-60-55(79)81-56(2,3)4/h6-10,14-17,19-22,25-26,35,38,41,43-47,51,59,61-63,69-71,75,80H,11-13,18,23-24,27-34H2,1-5H3,(H,60,79)(H,64,74)(H,65,77)(H,66,76)/t35?,38?,41?,43-,44-,45+,46-,47?,51?,57?,58?/m0/s1. The summed E-state index contributed by atoms with van der Waals surface area (Å²) in [5.74, 6) is -4.71. The van der Waals surface area contributed by atoms with Gasteiger partial charge in [0.15, 0.2) is 5.72 Å². The molecule has 1 saturated carbocycles. The highest BCUT2D eigenvalue weighted by molar-refractivity contribution is 6.12. The van der Waals surface area contributed by atoms with Crippen LogP contribution in [0.4, 0.5) is 10.5 Å². The predicted octanol–water partition coefficient (Wildman–Crippen LogP) is 1.02. The number of hydrogen-bond donors (Lipinski definition) is 13. The molecule has 13 N–H and O–H groups in total. The highest BCUT2D eigenvalue weighted by Gasteiger charge is 2.63. The lowest BCUT2D eigenvalue weighted by atomic mass is 9.92. The third-order valence-corrected chi connectivity index (χ3v) is 15.4. The Kier molecular flexibility index (Phi) is 20.7. The number of ether oxygens (including phenoxy) is 1. The van der Waals surface area contributed by atoms with Gasteiger partial charge >= 0.3 is 6.09 Å². The molecule has 3 aromatic rings. The predicted molar refractivity (Wildman–Crippen MR) is 299 cm³/mol. The van der Waals surface area contributed by atoms with Gasteiger partial charge in [0.1, 0.15) is 41.4 Å². The fourth-order valence-corrected chi connectivity index (χ4v) is 10.6. The van der Waals surface area contributed by atoms with E-state index in [0.717, 1.165) is 21.7 Å². The van der Waals surface area contributed by atoms with Gasteiger partial charge in [-0.2, -0.15) is 0 Å². The van der Waals surface area contributed by atoms with Gasteiger partial charge in [-0.15, -0.1) is 0 Å². The first-order chi connectivity index (χ1) is 38.5. The molecule has 1 spiro atoms. The molecule has 0 aromatic heterocycles. The van der Waals surface area contributed by atoms with Gasteiger partial charge in [-0.3, -0.25) is 49.6 Å². The summed E-state index contributed by atoms with van der Waals surface area (Å²) in [6.45, 7) is 6.76. The number of phenols is 1. The van der Waals surface area contributed by atoms with Gasteiger partial charge in [0.25, 0.3) is 11.8 Å². The van der Waals surface area contributed by atoms with Crippen LogP contribution in [0.3, 0.4) is 0 Å². The number of amides is 7. The minimum absolute atomic E-state index is 0.0173. The molecule has 4 aliphatic rings. The number of β-amino-alcohol motifs (C(OH)–C–C–N with tert-alkyl or cyclic N) is 1. The molecule has 1 aliphatic carbocycles. The third kappa shape index (κ3) is 16.4.